The van der Waals surface area contributed by atoms with Gasteiger partial charge in [-0.15, -0.1) is 0 Å². The van der Waals surface area contributed by atoms with Gasteiger partial charge in [0.15, 0.2) is 0 Å². The molecule has 36 heavy (non-hydrogen) atoms. The summed E-state index contributed by atoms with van der Waals surface area (Å²) in [6.45, 7) is 8.93. The number of nitrogens with zero attached hydrogens (tertiary/aromatic N) is 2. The molecule has 0 aliphatic carbocycles. The molecule has 198 valence electrons. The fraction of sp³-hybridized carbons (Fsp3) is 0.500. The molecule has 0 spiro atoms. The predicted octanol–water partition coefficient (Wildman–Crippen LogP) is 4.57. The third kappa shape index (κ3) is 8.66. The standard InChI is InChI=1S/C28H41N3O4S/c1-6-8-18-29-28(33)25(7-2)30(21-24-15-11-13-22(3)20-24)27(32)17-12-19-31(36(5,34)35)26-16-10-9-14-23(26)4/h9-11,13-16,20,25H,6-8,12,17-19,21H2,1-5H3,(H,29,33)/t25-/m0/s1. The van der Waals surface area contributed by atoms with Crippen molar-refractivity contribution in [1.82, 2.24) is 10.2 Å². The van der Waals surface area contributed by atoms with Crippen molar-refractivity contribution in [3.05, 3.63) is 65.2 Å². The SMILES string of the molecule is CCCCNC(=O)[C@H](CC)N(Cc1cccc(C)c1)C(=O)CCCN(c1ccccc1C)S(C)(=O)=O. The second-order valence-electron chi connectivity index (χ2n) is 9.30. The summed E-state index contributed by atoms with van der Waals surface area (Å²) in [6, 6.07) is 14.6. The molecule has 0 fully saturated rings. The molecular formula is C28H41N3O4S. The van der Waals surface area contributed by atoms with E-state index in [1.807, 2.05) is 57.2 Å². The van der Waals surface area contributed by atoms with E-state index in [1.165, 1.54) is 10.6 Å². The number of unbranched alkanes of at least 4 members (excludes halogenated alkanes) is 1. The monoisotopic (exact) mass is 515 g/mol. The first-order valence-corrected chi connectivity index (χ1v) is 14.6. The Morgan fingerprint density at radius 1 is 1.00 bits per heavy atom. The average molecular weight is 516 g/mol. The van der Waals surface area contributed by atoms with Gasteiger partial charge in [-0.2, -0.15) is 0 Å². The third-order valence-corrected chi connectivity index (χ3v) is 7.37. The summed E-state index contributed by atoms with van der Waals surface area (Å²) in [5.41, 5.74) is 3.51. The molecule has 7 nitrogen and oxygen atoms in total. The predicted molar refractivity (Wildman–Crippen MR) is 146 cm³/mol. The molecule has 0 unspecified atom stereocenters. The summed E-state index contributed by atoms with van der Waals surface area (Å²) in [7, 11) is -3.51. The van der Waals surface area contributed by atoms with E-state index < -0.39 is 16.1 Å². The first-order chi connectivity index (χ1) is 17.1. The molecule has 2 aromatic carbocycles. The fourth-order valence-electron chi connectivity index (χ4n) is 4.26. The largest absolute Gasteiger partial charge is 0.354 e. The van der Waals surface area contributed by atoms with Crippen molar-refractivity contribution in [3.8, 4) is 0 Å². The molecular weight excluding hydrogens is 474 g/mol. The van der Waals surface area contributed by atoms with Crippen molar-refractivity contribution in [2.24, 2.45) is 0 Å². The van der Waals surface area contributed by atoms with E-state index >= 15 is 0 Å². The number of para-hydroxylation sites is 1. The number of anilines is 1. The third-order valence-electron chi connectivity index (χ3n) is 6.19. The number of carbonyl (C=O) groups excluding carboxylic acids is 2. The Kier molecular flexibility index (Phi) is 11.4. The molecule has 0 saturated carbocycles. The van der Waals surface area contributed by atoms with Gasteiger partial charge in [0.25, 0.3) is 0 Å². The number of aryl methyl sites for hydroxylation is 2. The first-order valence-electron chi connectivity index (χ1n) is 12.7. The normalized spacial score (nSPS) is 12.1. The minimum Gasteiger partial charge on any atom is -0.354 e. The molecule has 0 aliphatic heterocycles. The van der Waals surface area contributed by atoms with Crippen molar-refractivity contribution < 1.29 is 18.0 Å². The van der Waals surface area contributed by atoms with Gasteiger partial charge in [0.2, 0.25) is 21.8 Å². The molecule has 0 aromatic heterocycles. The number of hydrogen-bond donors (Lipinski definition) is 1. The molecule has 8 heteroatoms. The molecule has 1 N–H and O–H groups in total. The number of sulfonamides is 1. The lowest BCUT2D eigenvalue weighted by molar-refractivity contribution is -0.141. The highest BCUT2D eigenvalue weighted by Crippen LogP contribution is 2.23. The summed E-state index contributed by atoms with van der Waals surface area (Å²) in [5.74, 6) is -0.308. The minimum atomic E-state index is -3.51. The van der Waals surface area contributed by atoms with Crippen LogP contribution in [0.3, 0.4) is 0 Å². The summed E-state index contributed by atoms with van der Waals surface area (Å²) >= 11 is 0. The highest BCUT2D eigenvalue weighted by atomic mass is 32.2. The van der Waals surface area contributed by atoms with Gasteiger partial charge < -0.3 is 10.2 Å². The van der Waals surface area contributed by atoms with Gasteiger partial charge in [0.05, 0.1) is 11.9 Å². The van der Waals surface area contributed by atoms with Crippen LogP contribution in [0.2, 0.25) is 0 Å². The lowest BCUT2D eigenvalue weighted by Gasteiger charge is -2.31. The molecule has 0 heterocycles. The summed E-state index contributed by atoms with van der Waals surface area (Å²) in [4.78, 5) is 28.1. The van der Waals surface area contributed by atoms with E-state index in [2.05, 4.69) is 12.2 Å². The molecule has 2 amide bonds. The molecule has 0 radical (unpaired) electrons. The zero-order valence-electron chi connectivity index (χ0n) is 22.3. The smallest absolute Gasteiger partial charge is 0.242 e. The van der Waals surface area contributed by atoms with E-state index in [0.717, 1.165) is 29.5 Å². The Bertz CT molecular complexity index is 1120. The highest BCUT2D eigenvalue weighted by molar-refractivity contribution is 7.92. The fourth-order valence-corrected chi connectivity index (χ4v) is 5.28. The quantitative estimate of drug-likeness (QED) is 0.373. The van der Waals surface area contributed by atoms with Crippen LogP contribution >= 0.6 is 0 Å². The van der Waals surface area contributed by atoms with E-state index in [0.29, 0.717) is 31.6 Å². The number of amides is 2. The summed E-state index contributed by atoms with van der Waals surface area (Å²) < 4.78 is 26.4. The van der Waals surface area contributed by atoms with Crippen LogP contribution in [0, 0.1) is 13.8 Å². The van der Waals surface area contributed by atoms with Gasteiger partial charge >= 0.3 is 0 Å². The van der Waals surface area contributed by atoms with Crippen molar-refractivity contribution in [2.45, 2.75) is 72.4 Å². The maximum absolute atomic E-state index is 13.5. The van der Waals surface area contributed by atoms with Crippen LogP contribution in [0.15, 0.2) is 48.5 Å². The molecule has 2 rings (SSSR count). The molecule has 1 atom stereocenters. The van der Waals surface area contributed by atoms with Crippen molar-refractivity contribution >= 4 is 27.5 Å². The summed E-state index contributed by atoms with van der Waals surface area (Å²) in [6.07, 6.45) is 4.02. The van der Waals surface area contributed by atoms with Gasteiger partial charge in [-0.25, -0.2) is 8.42 Å². The Morgan fingerprint density at radius 3 is 2.33 bits per heavy atom. The van der Waals surface area contributed by atoms with Crippen LogP contribution in [0.4, 0.5) is 5.69 Å². The molecule has 0 aliphatic rings. The van der Waals surface area contributed by atoms with Crippen molar-refractivity contribution in [3.63, 3.8) is 0 Å². The van der Waals surface area contributed by atoms with Crippen LogP contribution in [0.25, 0.3) is 0 Å². The zero-order chi connectivity index (χ0) is 26.7. The summed E-state index contributed by atoms with van der Waals surface area (Å²) in [5, 5.41) is 2.97. The van der Waals surface area contributed by atoms with E-state index in [9.17, 15) is 18.0 Å². The molecule has 0 bridgehead atoms. The Labute approximate surface area is 216 Å². The van der Waals surface area contributed by atoms with Gasteiger partial charge in [0, 0.05) is 26.1 Å². The van der Waals surface area contributed by atoms with Crippen molar-refractivity contribution in [1.29, 1.82) is 0 Å². The maximum atomic E-state index is 13.5. The second-order valence-corrected chi connectivity index (χ2v) is 11.2. The number of carbonyl (C=O) groups is 2. The first kappa shape index (κ1) is 29.4. The van der Waals surface area contributed by atoms with Crippen molar-refractivity contribution in [2.75, 3.05) is 23.7 Å². The van der Waals surface area contributed by atoms with Crippen LogP contribution in [0.1, 0.15) is 62.6 Å². The van der Waals surface area contributed by atoms with Gasteiger partial charge in [0.1, 0.15) is 6.04 Å². The number of nitrogens with one attached hydrogen (secondary N) is 1. The molecule has 2 aromatic rings. The van der Waals surface area contributed by atoms with E-state index in [-0.39, 0.29) is 24.8 Å². The average Bonchev–Trinajstić information content (AvgIpc) is 2.81. The highest BCUT2D eigenvalue weighted by Gasteiger charge is 2.28. The van der Waals surface area contributed by atoms with E-state index in [4.69, 9.17) is 0 Å². The van der Waals surface area contributed by atoms with Crippen LogP contribution in [-0.4, -0.2) is 50.5 Å². The van der Waals surface area contributed by atoms with Gasteiger partial charge in [-0.1, -0.05) is 68.3 Å². The number of rotatable bonds is 14. The Balaban J connectivity index is 2.21. The Hall–Kier alpha value is -2.87. The Morgan fingerprint density at radius 2 is 1.72 bits per heavy atom. The number of benzene rings is 2. The number of hydrogen-bond acceptors (Lipinski definition) is 4. The lowest BCUT2D eigenvalue weighted by Crippen LogP contribution is -2.49. The molecule has 0 saturated heterocycles. The van der Waals surface area contributed by atoms with E-state index in [1.54, 1.807) is 17.0 Å². The second kappa shape index (κ2) is 14.0. The lowest BCUT2D eigenvalue weighted by atomic mass is 10.1. The van der Waals surface area contributed by atoms with Gasteiger partial charge in [-0.05, 0) is 50.3 Å². The van der Waals surface area contributed by atoms with Crippen LogP contribution < -0.4 is 9.62 Å². The minimum absolute atomic E-state index is 0.141. The van der Waals surface area contributed by atoms with Gasteiger partial charge in [-0.3, -0.25) is 13.9 Å². The zero-order valence-corrected chi connectivity index (χ0v) is 23.1. The maximum Gasteiger partial charge on any atom is 0.242 e. The van der Waals surface area contributed by atoms with Crippen LogP contribution in [-0.2, 0) is 26.2 Å². The van der Waals surface area contributed by atoms with Crippen LogP contribution in [0.5, 0.6) is 0 Å². The topological polar surface area (TPSA) is 86.8 Å².